The summed E-state index contributed by atoms with van der Waals surface area (Å²) in [7, 11) is 0. The van der Waals surface area contributed by atoms with E-state index in [1.54, 1.807) is 6.20 Å². The predicted molar refractivity (Wildman–Crippen MR) is 111 cm³/mol. The summed E-state index contributed by atoms with van der Waals surface area (Å²) < 4.78 is 6.17. The van der Waals surface area contributed by atoms with Crippen molar-refractivity contribution in [1.82, 2.24) is 19.9 Å². The molecule has 1 aliphatic heterocycles. The number of thiazole rings is 1. The van der Waals surface area contributed by atoms with Gasteiger partial charge in [-0.3, -0.25) is 4.79 Å². The van der Waals surface area contributed by atoms with Gasteiger partial charge in [0.15, 0.2) is 0 Å². The molecular weight excluding hydrogens is 384 g/mol. The van der Waals surface area contributed by atoms with Crippen molar-refractivity contribution in [3.05, 3.63) is 59.0 Å². The Hall–Kier alpha value is -2.80. The van der Waals surface area contributed by atoms with Gasteiger partial charge in [-0.1, -0.05) is 6.07 Å². The molecule has 3 unspecified atom stereocenters. The van der Waals surface area contributed by atoms with Crippen LogP contribution in [0.3, 0.4) is 0 Å². The molecule has 2 aliphatic rings. The molecule has 5 rings (SSSR count). The van der Waals surface area contributed by atoms with Crippen molar-refractivity contribution in [2.75, 3.05) is 6.54 Å². The van der Waals surface area contributed by atoms with Gasteiger partial charge >= 0.3 is 0 Å². The average Bonchev–Trinajstić information content (AvgIpc) is 3.46. The van der Waals surface area contributed by atoms with Crippen LogP contribution in [0.15, 0.2) is 42.0 Å². The molecule has 0 spiro atoms. The summed E-state index contributed by atoms with van der Waals surface area (Å²) in [5.41, 5.74) is 3.22. The molecule has 7 heteroatoms. The largest absolute Gasteiger partial charge is 0.472 e. The zero-order valence-electron chi connectivity index (χ0n) is 16.4. The first-order chi connectivity index (χ1) is 14.1. The number of amides is 1. The summed E-state index contributed by atoms with van der Waals surface area (Å²) in [6, 6.07) is 7.83. The lowest BCUT2D eigenvalue weighted by molar-refractivity contribution is 0.0462. The van der Waals surface area contributed by atoms with Crippen LogP contribution in [0.2, 0.25) is 0 Å². The third kappa shape index (κ3) is 3.40. The fourth-order valence-corrected chi connectivity index (χ4v) is 5.05. The van der Waals surface area contributed by atoms with E-state index in [0.29, 0.717) is 17.5 Å². The SMILES string of the molecule is Cc1ccc(OC2CC3CC2N(C(=O)c2nc(C)ccc2-c2nccs2)C3)nc1. The van der Waals surface area contributed by atoms with Gasteiger partial charge in [-0.15, -0.1) is 11.3 Å². The van der Waals surface area contributed by atoms with Crippen LogP contribution in [-0.4, -0.2) is 44.4 Å². The quantitative estimate of drug-likeness (QED) is 0.657. The van der Waals surface area contributed by atoms with E-state index in [1.165, 1.54) is 11.3 Å². The van der Waals surface area contributed by atoms with Crippen LogP contribution in [0.25, 0.3) is 10.6 Å². The van der Waals surface area contributed by atoms with Crippen LogP contribution in [0.4, 0.5) is 0 Å². The van der Waals surface area contributed by atoms with Crippen LogP contribution in [-0.2, 0) is 0 Å². The van der Waals surface area contributed by atoms with Crippen molar-refractivity contribution in [1.29, 1.82) is 0 Å². The molecule has 3 aromatic heterocycles. The van der Waals surface area contributed by atoms with E-state index in [-0.39, 0.29) is 18.1 Å². The molecule has 0 aromatic carbocycles. The molecule has 148 valence electrons. The van der Waals surface area contributed by atoms with Gasteiger partial charge in [-0.25, -0.2) is 15.0 Å². The molecule has 3 aromatic rings. The number of rotatable bonds is 4. The van der Waals surface area contributed by atoms with Crippen molar-refractivity contribution in [2.45, 2.75) is 38.8 Å². The third-order valence-electron chi connectivity index (χ3n) is 5.74. The lowest BCUT2D eigenvalue weighted by atomic mass is 10.1. The van der Waals surface area contributed by atoms with Crippen LogP contribution in [0, 0.1) is 19.8 Å². The molecule has 3 atom stereocenters. The van der Waals surface area contributed by atoms with E-state index in [4.69, 9.17) is 4.74 Å². The minimum Gasteiger partial charge on any atom is -0.472 e. The second kappa shape index (κ2) is 7.22. The highest BCUT2D eigenvalue weighted by molar-refractivity contribution is 7.13. The fraction of sp³-hybridized carbons (Fsp3) is 0.364. The number of aryl methyl sites for hydroxylation is 2. The zero-order valence-corrected chi connectivity index (χ0v) is 17.2. The summed E-state index contributed by atoms with van der Waals surface area (Å²) >= 11 is 1.52. The molecular formula is C22H22N4O2S. The highest BCUT2D eigenvalue weighted by Crippen LogP contribution is 2.41. The van der Waals surface area contributed by atoms with Gasteiger partial charge in [-0.05, 0) is 50.3 Å². The Morgan fingerprint density at radius 1 is 1.17 bits per heavy atom. The van der Waals surface area contributed by atoms with Crippen molar-refractivity contribution in [3.63, 3.8) is 0 Å². The first-order valence-electron chi connectivity index (χ1n) is 9.86. The van der Waals surface area contributed by atoms with Crippen LogP contribution in [0.1, 0.15) is 34.6 Å². The smallest absolute Gasteiger partial charge is 0.273 e. The van der Waals surface area contributed by atoms with Gasteiger partial charge in [0.1, 0.15) is 16.8 Å². The van der Waals surface area contributed by atoms with Crippen molar-refractivity contribution >= 4 is 17.2 Å². The Labute approximate surface area is 173 Å². The van der Waals surface area contributed by atoms with Gasteiger partial charge in [0, 0.05) is 41.6 Å². The molecule has 1 saturated heterocycles. The number of ether oxygens (including phenoxy) is 1. The minimum absolute atomic E-state index is 0.0268. The van der Waals surface area contributed by atoms with Crippen molar-refractivity contribution in [2.24, 2.45) is 5.92 Å². The van der Waals surface area contributed by atoms with Gasteiger partial charge in [0.2, 0.25) is 5.88 Å². The second-order valence-corrected chi connectivity index (χ2v) is 8.77. The van der Waals surface area contributed by atoms with E-state index in [9.17, 15) is 4.79 Å². The normalized spacial score (nSPS) is 22.8. The standard InChI is InChI=1S/C22H22N4O2S/c1-13-3-6-19(24-11-13)28-18-10-15-9-17(18)26(12-15)22(27)20-16(5-4-14(2)25-20)21-23-7-8-29-21/h3-8,11,15,17-18H,9-10,12H2,1-2H3. The summed E-state index contributed by atoms with van der Waals surface area (Å²) in [6.45, 7) is 4.68. The Morgan fingerprint density at radius 2 is 2.07 bits per heavy atom. The molecule has 29 heavy (non-hydrogen) atoms. The third-order valence-corrected chi connectivity index (χ3v) is 6.55. The highest BCUT2D eigenvalue weighted by atomic mass is 32.1. The van der Waals surface area contributed by atoms with Crippen molar-refractivity contribution < 1.29 is 9.53 Å². The fourth-order valence-electron chi connectivity index (χ4n) is 4.39. The number of hydrogen-bond donors (Lipinski definition) is 0. The average molecular weight is 407 g/mol. The molecule has 1 aliphatic carbocycles. The topological polar surface area (TPSA) is 68.2 Å². The van der Waals surface area contributed by atoms with E-state index in [2.05, 4.69) is 15.0 Å². The maximum Gasteiger partial charge on any atom is 0.273 e. The summed E-state index contributed by atoms with van der Waals surface area (Å²) in [5, 5.41) is 2.74. The predicted octanol–water partition coefficient (Wildman–Crippen LogP) is 3.90. The lowest BCUT2D eigenvalue weighted by Crippen LogP contribution is -2.47. The molecule has 2 bridgehead atoms. The summed E-state index contributed by atoms with van der Waals surface area (Å²) in [5.74, 6) is 1.06. The number of fused-ring (bicyclic) bond motifs is 2. The molecule has 1 amide bonds. The second-order valence-electron chi connectivity index (χ2n) is 7.88. The van der Waals surface area contributed by atoms with Crippen molar-refractivity contribution in [3.8, 4) is 16.5 Å². The molecule has 4 heterocycles. The maximum absolute atomic E-state index is 13.5. The number of nitrogens with zero attached hydrogens (tertiary/aromatic N) is 4. The van der Waals surface area contributed by atoms with Gasteiger partial charge in [-0.2, -0.15) is 0 Å². The van der Waals surface area contributed by atoms with Gasteiger partial charge in [0.05, 0.1) is 6.04 Å². The number of likely N-dealkylation sites (tertiary alicyclic amines) is 1. The Kier molecular flexibility index (Phi) is 4.54. The van der Waals surface area contributed by atoms with Gasteiger partial charge < -0.3 is 9.64 Å². The van der Waals surface area contributed by atoms with E-state index in [0.717, 1.165) is 41.2 Å². The lowest BCUT2D eigenvalue weighted by Gasteiger charge is -2.33. The Balaban J connectivity index is 1.41. The number of aromatic nitrogens is 3. The number of carbonyl (C=O) groups excluding carboxylic acids is 1. The molecule has 0 radical (unpaired) electrons. The van der Waals surface area contributed by atoms with E-state index < -0.39 is 0 Å². The number of carbonyl (C=O) groups is 1. The first-order valence-corrected chi connectivity index (χ1v) is 10.7. The van der Waals surface area contributed by atoms with E-state index >= 15 is 0 Å². The summed E-state index contributed by atoms with van der Waals surface area (Å²) in [6.07, 6.45) is 5.47. The number of piperidine rings is 1. The Morgan fingerprint density at radius 3 is 2.79 bits per heavy atom. The van der Waals surface area contributed by atoms with Crippen LogP contribution >= 0.6 is 11.3 Å². The van der Waals surface area contributed by atoms with Crippen LogP contribution in [0.5, 0.6) is 5.88 Å². The zero-order chi connectivity index (χ0) is 20.0. The first kappa shape index (κ1) is 18.2. The Bertz CT molecular complexity index is 1040. The molecule has 2 fully saturated rings. The number of pyridine rings is 2. The summed E-state index contributed by atoms with van der Waals surface area (Å²) in [4.78, 5) is 28.8. The van der Waals surface area contributed by atoms with Gasteiger partial charge in [0.25, 0.3) is 5.91 Å². The molecule has 0 N–H and O–H groups in total. The maximum atomic E-state index is 13.5. The van der Waals surface area contributed by atoms with Crippen LogP contribution < -0.4 is 4.74 Å². The number of hydrogen-bond acceptors (Lipinski definition) is 6. The molecule has 1 saturated carbocycles. The monoisotopic (exact) mass is 406 g/mol. The molecule has 6 nitrogen and oxygen atoms in total. The minimum atomic E-state index is -0.0310. The highest BCUT2D eigenvalue weighted by Gasteiger charge is 2.49. The van der Waals surface area contributed by atoms with E-state index in [1.807, 2.05) is 54.6 Å².